The summed E-state index contributed by atoms with van der Waals surface area (Å²) in [5.74, 6) is 1.80. The standard InChI is InChI=1S/C11H19N3O3S/c1-11(2,3)10-13-8(17-14-10)6-18-5-7(12)9(15)16-4/h7H,5-6,12H2,1-4H3. The Morgan fingerprint density at radius 2 is 2.22 bits per heavy atom. The van der Waals surface area contributed by atoms with Crippen molar-refractivity contribution in [3.05, 3.63) is 11.7 Å². The number of rotatable bonds is 5. The number of hydrogen-bond donors (Lipinski definition) is 1. The Morgan fingerprint density at radius 1 is 1.56 bits per heavy atom. The van der Waals surface area contributed by atoms with E-state index in [1.807, 2.05) is 20.8 Å². The summed E-state index contributed by atoms with van der Waals surface area (Å²) in [4.78, 5) is 15.4. The Balaban J connectivity index is 2.41. The van der Waals surface area contributed by atoms with E-state index in [1.165, 1.54) is 18.9 Å². The van der Waals surface area contributed by atoms with E-state index >= 15 is 0 Å². The number of hydrogen-bond acceptors (Lipinski definition) is 7. The second-order valence-electron chi connectivity index (χ2n) is 4.91. The first-order valence-electron chi connectivity index (χ1n) is 5.59. The molecule has 7 heteroatoms. The lowest BCUT2D eigenvalue weighted by Crippen LogP contribution is -2.33. The summed E-state index contributed by atoms with van der Waals surface area (Å²) in [5, 5.41) is 3.91. The van der Waals surface area contributed by atoms with E-state index in [9.17, 15) is 4.79 Å². The molecule has 0 aliphatic heterocycles. The number of esters is 1. The molecule has 1 heterocycles. The van der Waals surface area contributed by atoms with Gasteiger partial charge < -0.3 is 15.0 Å². The molecule has 0 amide bonds. The third-order valence-corrected chi connectivity index (χ3v) is 3.21. The highest BCUT2D eigenvalue weighted by molar-refractivity contribution is 7.98. The molecule has 2 N–H and O–H groups in total. The third-order valence-electron chi connectivity index (χ3n) is 2.17. The lowest BCUT2D eigenvalue weighted by Gasteiger charge is -2.10. The van der Waals surface area contributed by atoms with E-state index in [1.54, 1.807) is 0 Å². The summed E-state index contributed by atoms with van der Waals surface area (Å²) in [7, 11) is 1.32. The van der Waals surface area contributed by atoms with Crippen LogP contribution in [0.3, 0.4) is 0 Å². The fourth-order valence-electron chi connectivity index (χ4n) is 1.11. The molecule has 6 nitrogen and oxygen atoms in total. The van der Waals surface area contributed by atoms with Gasteiger partial charge in [0.05, 0.1) is 12.9 Å². The second-order valence-corrected chi connectivity index (χ2v) is 5.94. The summed E-state index contributed by atoms with van der Waals surface area (Å²) in [6.45, 7) is 6.05. The highest BCUT2D eigenvalue weighted by Crippen LogP contribution is 2.20. The number of methoxy groups -OCH3 is 1. The van der Waals surface area contributed by atoms with E-state index in [0.717, 1.165) is 0 Å². The van der Waals surface area contributed by atoms with E-state index in [2.05, 4.69) is 14.9 Å². The third kappa shape index (κ3) is 4.30. The highest BCUT2D eigenvalue weighted by atomic mass is 32.2. The maximum Gasteiger partial charge on any atom is 0.323 e. The van der Waals surface area contributed by atoms with Crippen LogP contribution in [0.15, 0.2) is 4.52 Å². The van der Waals surface area contributed by atoms with Crippen molar-refractivity contribution in [3.8, 4) is 0 Å². The Morgan fingerprint density at radius 3 is 2.72 bits per heavy atom. The number of nitrogens with two attached hydrogens (primary N) is 1. The first-order chi connectivity index (χ1) is 8.34. The van der Waals surface area contributed by atoms with Gasteiger partial charge in [0.25, 0.3) is 0 Å². The van der Waals surface area contributed by atoms with Gasteiger partial charge >= 0.3 is 5.97 Å². The zero-order chi connectivity index (χ0) is 13.8. The topological polar surface area (TPSA) is 91.2 Å². The van der Waals surface area contributed by atoms with Crippen LogP contribution in [0.25, 0.3) is 0 Å². The average molecular weight is 273 g/mol. The molecule has 1 aromatic rings. The predicted octanol–water partition coefficient (Wildman–Crippen LogP) is 1.10. The van der Waals surface area contributed by atoms with Crippen molar-refractivity contribution in [3.63, 3.8) is 0 Å². The Hall–Kier alpha value is -1.08. The van der Waals surface area contributed by atoms with Crippen LogP contribution < -0.4 is 5.73 Å². The predicted molar refractivity (Wildman–Crippen MR) is 69.2 cm³/mol. The first kappa shape index (κ1) is 15.0. The van der Waals surface area contributed by atoms with Crippen LogP contribution in [-0.2, 0) is 20.7 Å². The van der Waals surface area contributed by atoms with Crippen LogP contribution >= 0.6 is 11.8 Å². The molecule has 0 aliphatic carbocycles. The fourth-order valence-corrected chi connectivity index (χ4v) is 1.91. The molecule has 1 aromatic heterocycles. The molecule has 0 aromatic carbocycles. The minimum atomic E-state index is -0.620. The number of ether oxygens (including phenoxy) is 1. The Kier molecular flexibility index (Phi) is 5.15. The largest absolute Gasteiger partial charge is 0.468 e. The molecular formula is C11H19N3O3S. The van der Waals surface area contributed by atoms with Crippen molar-refractivity contribution < 1.29 is 14.1 Å². The molecule has 0 spiro atoms. The van der Waals surface area contributed by atoms with Crippen molar-refractivity contribution in [1.82, 2.24) is 10.1 Å². The van der Waals surface area contributed by atoms with E-state index in [4.69, 9.17) is 10.3 Å². The molecular weight excluding hydrogens is 254 g/mol. The van der Waals surface area contributed by atoms with Gasteiger partial charge in [-0.2, -0.15) is 4.98 Å². The minimum Gasteiger partial charge on any atom is -0.468 e. The van der Waals surface area contributed by atoms with Crippen LogP contribution in [0.5, 0.6) is 0 Å². The molecule has 0 radical (unpaired) electrons. The molecule has 1 atom stereocenters. The van der Waals surface area contributed by atoms with Gasteiger partial charge in [-0.15, -0.1) is 11.8 Å². The lowest BCUT2D eigenvalue weighted by molar-refractivity contribution is -0.141. The van der Waals surface area contributed by atoms with Gasteiger partial charge in [0.2, 0.25) is 5.89 Å². The maximum atomic E-state index is 11.1. The van der Waals surface area contributed by atoms with Gasteiger partial charge in [0.1, 0.15) is 6.04 Å². The van der Waals surface area contributed by atoms with Crippen LogP contribution in [0.2, 0.25) is 0 Å². The molecule has 102 valence electrons. The molecule has 0 bridgehead atoms. The van der Waals surface area contributed by atoms with Crippen molar-refractivity contribution in [2.24, 2.45) is 5.73 Å². The van der Waals surface area contributed by atoms with Gasteiger partial charge in [0.15, 0.2) is 5.82 Å². The van der Waals surface area contributed by atoms with Crippen molar-refractivity contribution >= 4 is 17.7 Å². The molecule has 1 rings (SSSR count). The van der Waals surface area contributed by atoms with Crippen LogP contribution in [0.1, 0.15) is 32.5 Å². The average Bonchev–Trinajstić information content (AvgIpc) is 2.76. The van der Waals surface area contributed by atoms with Crippen molar-refractivity contribution in [2.45, 2.75) is 38.0 Å². The summed E-state index contributed by atoms with van der Waals surface area (Å²) < 4.78 is 9.66. The first-order valence-corrected chi connectivity index (χ1v) is 6.74. The molecule has 1 unspecified atom stereocenters. The van der Waals surface area contributed by atoms with E-state index < -0.39 is 12.0 Å². The second kappa shape index (κ2) is 6.19. The van der Waals surface area contributed by atoms with E-state index in [0.29, 0.717) is 23.2 Å². The zero-order valence-corrected chi connectivity index (χ0v) is 11.9. The number of nitrogens with zero attached hydrogens (tertiary/aromatic N) is 2. The van der Waals surface area contributed by atoms with Crippen molar-refractivity contribution in [2.75, 3.05) is 12.9 Å². The number of carbonyl (C=O) groups is 1. The molecule has 0 fully saturated rings. The van der Waals surface area contributed by atoms with Gasteiger partial charge in [-0.25, -0.2) is 0 Å². The van der Waals surface area contributed by atoms with Crippen LogP contribution in [0.4, 0.5) is 0 Å². The van der Waals surface area contributed by atoms with Gasteiger partial charge in [0, 0.05) is 11.2 Å². The fraction of sp³-hybridized carbons (Fsp3) is 0.727. The maximum absolute atomic E-state index is 11.1. The normalized spacial score (nSPS) is 13.4. The zero-order valence-electron chi connectivity index (χ0n) is 11.1. The van der Waals surface area contributed by atoms with E-state index in [-0.39, 0.29) is 5.41 Å². The van der Waals surface area contributed by atoms with Crippen molar-refractivity contribution in [1.29, 1.82) is 0 Å². The number of aromatic nitrogens is 2. The summed E-state index contributed by atoms with van der Waals surface area (Å²) in [6, 6.07) is -0.620. The molecule has 0 aliphatic rings. The highest BCUT2D eigenvalue weighted by Gasteiger charge is 2.21. The summed E-state index contributed by atoms with van der Waals surface area (Å²) >= 11 is 1.46. The smallest absolute Gasteiger partial charge is 0.323 e. The molecule has 0 saturated heterocycles. The van der Waals surface area contributed by atoms with Gasteiger partial charge in [-0.3, -0.25) is 4.79 Å². The Bertz CT molecular complexity index is 400. The minimum absolute atomic E-state index is 0.130. The number of thioether (sulfide) groups is 1. The molecule has 18 heavy (non-hydrogen) atoms. The van der Waals surface area contributed by atoms with Gasteiger partial charge in [-0.05, 0) is 0 Å². The molecule has 0 saturated carbocycles. The number of carbonyl (C=O) groups excluding carboxylic acids is 1. The Labute approximate surface area is 111 Å². The van der Waals surface area contributed by atoms with Gasteiger partial charge in [-0.1, -0.05) is 25.9 Å². The quantitative estimate of drug-likeness (QED) is 0.803. The monoisotopic (exact) mass is 273 g/mol. The van der Waals surface area contributed by atoms with Crippen LogP contribution in [-0.4, -0.2) is 35.0 Å². The van der Waals surface area contributed by atoms with Crippen LogP contribution in [0, 0.1) is 0 Å². The summed E-state index contributed by atoms with van der Waals surface area (Å²) in [6.07, 6.45) is 0. The SMILES string of the molecule is COC(=O)C(N)CSCc1nc(C(C)(C)C)no1. The lowest BCUT2D eigenvalue weighted by atomic mass is 9.96. The summed E-state index contributed by atoms with van der Waals surface area (Å²) in [5.41, 5.74) is 5.47.